The smallest absolute Gasteiger partial charge is 0.179 e. The second kappa shape index (κ2) is 9.76. The highest BCUT2D eigenvalue weighted by Crippen LogP contribution is 2.22. The van der Waals surface area contributed by atoms with Crippen LogP contribution in [0, 0.1) is 22.7 Å². The molecule has 0 unspecified atom stereocenters. The lowest BCUT2D eigenvalue weighted by Gasteiger charge is -2.13. The monoisotopic (exact) mass is 400 g/mol. The number of anilines is 2. The van der Waals surface area contributed by atoms with Crippen molar-refractivity contribution in [3.63, 3.8) is 0 Å². The first kappa shape index (κ1) is 20.4. The Morgan fingerprint density at radius 3 is 1.37 bits per heavy atom. The number of nitriles is 2. The number of ether oxygens (including phenoxy) is 2. The molecule has 0 aliphatic carbocycles. The van der Waals surface area contributed by atoms with E-state index in [9.17, 15) is 10.5 Å². The van der Waals surface area contributed by atoms with E-state index in [1.54, 1.807) is 14.2 Å². The van der Waals surface area contributed by atoms with Crippen LogP contribution in [0.3, 0.4) is 0 Å². The minimum absolute atomic E-state index is 0.0234. The summed E-state index contributed by atoms with van der Waals surface area (Å²) < 4.78 is 10.3. The van der Waals surface area contributed by atoms with Crippen molar-refractivity contribution in [1.82, 2.24) is 9.97 Å². The molecule has 0 atom stereocenters. The van der Waals surface area contributed by atoms with E-state index in [4.69, 9.17) is 9.47 Å². The molecule has 0 saturated carbocycles. The lowest BCUT2D eigenvalue weighted by Crippen LogP contribution is -2.11. The first-order chi connectivity index (χ1) is 14.7. The molecule has 2 N–H and O–H groups in total. The molecule has 150 valence electrons. The number of aromatic nitrogens is 2. The van der Waals surface area contributed by atoms with E-state index < -0.39 is 0 Å². The van der Waals surface area contributed by atoms with Gasteiger partial charge in [-0.05, 0) is 35.4 Å². The largest absolute Gasteiger partial charge is 0.497 e. The van der Waals surface area contributed by atoms with Crippen LogP contribution >= 0.6 is 0 Å². The van der Waals surface area contributed by atoms with Crippen LogP contribution < -0.4 is 20.1 Å². The van der Waals surface area contributed by atoms with Gasteiger partial charge in [0.25, 0.3) is 0 Å². The number of methoxy groups -OCH3 is 2. The molecule has 0 bridgehead atoms. The van der Waals surface area contributed by atoms with Crippen molar-refractivity contribution in [1.29, 1.82) is 10.5 Å². The minimum atomic E-state index is -0.0234. The Kier molecular flexibility index (Phi) is 6.65. The fourth-order valence-corrected chi connectivity index (χ4v) is 2.70. The number of rotatable bonds is 8. The van der Waals surface area contributed by atoms with E-state index >= 15 is 0 Å². The standard InChI is InChI=1S/C22H20N6O2/c1-29-17-7-3-15(4-8-17)13-25-21-22(28-20(12-24)19(11-23)27-21)26-14-16-5-9-18(30-2)10-6-16/h3-10H,13-14H2,1-2H3,(H,25,27)(H,26,28). The molecule has 1 aromatic heterocycles. The van der Waals surface area contributed by atoms with Crippen LogP contribution in [-0.4, -0.2) is 24.2 Å². The van der Waals surface area contributed by atoms with E-state index in [0.717, 1.165) is 22.6 Å². The van der Waals surface area contributed by atoms with Gasteiger partial charge in [0.15, 0.2) is 23.0 Å². The lowest BCUT2D eigenvalue weighted by molar-refractivity contribution is 0.414. The van der Waals surface area contributed by atoms with Gasteiger partial charge in [-0.25, -0.2) is 9.97 Å². The SMILES string of the molecule is COc1ccc(CNc2nc(C#N)c(C#N)nc2NCc2ccc(OC)cc2)cc1. The summed E-state index contributed by atoms with van der Waals surface area (Å²) in [6, 6.07) is 19.0. The Hall–Kier alpha value is -4.30. The zero-order valence-electron chi connectivity index (χ0n) is 16.6. The Morgan fingerprint density at radius 1 is 0.700 bits per heavy atom. The van der Waals surface area contributed by atoms with Crippen molar-refractivity contribution in [2.24, 2.45) is 0 Å². The molecule has 3 aromatic rings. The number of hydrogen-bond acceptors (Lipinski definition) is 8. The van der Waals surface area contributed by atoms with Gasteiger partial charge in [0.05, 0.1) is 14.2 Å². The van der Waals surface area contributed by atoms with Crippen LogP contribution in [0.4, 0.5) is 11.6 Å². The van der Waals surface area contributed by atoms with Gasteiger partial charge in [0, 0.05) is 13.1 Å². The molecular formula is C22H20N6O2. The summed E-state index contributed by atoms with van der Waals surface area (Å²) in [6.07, 6.45) is 0. The van der Waals surface area contributed by atoms with Gasteiger partial charge in [-0.3, -0.25) is 0 Å². The Labute approximate surface area is 174 Å². The Balaban J connectivity index is 1.80. The highest BCUT2D eigenvalue weighted by molar-refractivity contribution is 5.62. The molecule has 8 nitrogen and oxygen atoms in total. The van der Waals surface area contributed by atoms with Crippen LogP contribution in [0.15, 0.2) is 48.5 Å². The summed E-state index contributed by atoms with van der Waals surface area (Å²) in [6.45, 7) is 0.930. The summed E-state index contributed by atoms with van der Waals surface area (Å²) in [5.74, 6) is 2.33. The first-order valence-electron chi connectivity index (χ1n) is 9.12. The molecule has 2 aromatic carbocycles. The Morgan fingerprint density at radius 2 is 1.07 bits per heavy atom. The van der Waals surface area contributed by atoms with E-state index in [-0.39, 0.29) is 11.4 Å². The molecule has 3 rings (SSSR count). The van der Waals surface area contributed by atoms with Crippen LogP contribution in [0.5, 0.6) is 11.5 Å². The maximum absolute atomic E-state index is 9.29. The normalized spacial score (nSPS) is 9.87. The molecule has 0 aliphatic rings. The zero-order chi connectivity index (χ0) is 21.3. The van der Waals surface area contributed by atoms with Gasteiger partial charge in [0.2, 0.25) is 0 Å². The summed E-state index contributed by atoms with van der Waals surface area (Å²) >= 11 is 0. The van der Waals surface area contributed by atoms with Crippen LogP contribution in [0.2, 0.25) is 0 Å². The van der Waals surface area contributed by atoms with Crippen LogP contribution in [0.25, 0.3) is 0 Å². The second-order valence-corrected chi connectivity index (χ2v) is 6.24. The van der Waals surface area contributed by atoms with E-state index in [1.807, 2.05) is 60.7 Å². The van der Waals surface area contributed by atoms with E-state index in [2.05, 4.69) is 20.6 Å². The quantitative estimate of drug-likeness (QED) is 0.590. The van der Waals surface area contributed by atoms with Crippen molar-refractivity contribution in [3.8, 4) is 23.6 Å². The van der Waals surface area contributed by atoms with E-state index in [1.165, 1.54) is 0 Å². The molecule has 30 heavy (non-hydrogen) atoms. The third-order valence-electron chi connectivity index (χ3n) is 4.35. The third kappa shape index (κ3) is 4.94. The van der Waals surface area contributed by atoms with Crippen LogP contribution in [0.1, 0.15) is 22.5 Å². The lowest BCUT2D eigenvalue weighted by atomic mass is 10.2. The highest BCUT2D eigenvalue weighted by Gasteiger charge is 2.13. The topological polar surface area (TPSA) is 116 Å². The minimum Gasteiger partial charge on any atom is -0.497 e. The Bertz CT molecular complexity index is 994. The fraction of sp³-hybridized carbons (Fsp3) is 0.182. The molecule has 1 heterocycles. The predicted molar refractivity (Wildman–Crippen MR) is 112 cm³/mol. The van der Waals surface area contributed by atoms with Gasteiger partial charge in [-0.1, -0.05) is 24.3 Å². The van der Waals surface area contributed by atoms with Gasteiger partial charge in [-0.2, -0.15) is 10.5 Å². The summed E-state index contributed by atoms with van der Waals surface area (Å²) in [5.41, 5.74) is 1.96. The number of benzene rings is 2. The summed E-state index contributed by atoms with van der Waals surface area (Å²) in [5, 5.41) is 25.0. The maximum atomic E-state index is 9.29. The number of nitrogens with one attached hydrogen (secondary N) is 2. The summed E-state index contributed by atoms with van der Waals surface area (Å²) in [7, 11) is 3.23. The molecule has 0 aliphatic heterocycles. The first-order valence-corrected chi connectivity index (χ1v) is 9.12. The molecule has 0 spiro atoms. The molecule has 8 heteroatoms. The van der Waals surface area contributed by atoms with Gasteiger partial charge in [-0.15, -0.1) is 0 Å². The zero-order valence-corrected chi connectivity index (χ0v) is 16.6. The maximum Gasteiger partial charge on any atom is 0.179 e. The molecule has 0 radical (unpaired) electrons. The highest BCUT2D eigenvalue weighted by atomic mass is 16.5. The molecular weight excluding hydrogens is 380 g/mol. The summed E-state index contributed by atoms with van der Waals surface area (Å²) in [4.78, 5) is 8.57. The average Bonchev–Trinajstić information content (AvgIpc) is 2.81. The molecule has 0 amide bonds. The van der Waals surface area contributed by atoms with Crippen molar-refractivity contribution < 1.29 is 9.47 Å². The molecule has 0 fully saturated rings. The van der Waals surface area contributed by atoms with Gasteiger partial charge in [0.1, 0.15) is 23.6 Å². The van der Waals surface area contributed by atoms with E-state index in [0.29, 0.717) is 24.7 Å². The van der Waals surface area contributed by atoms with Gasteiger partial charge < -0.3 is 20.1 Å². The predicted octanol–water partition coefficient (Wildman–Crippen LogP) is 3.46. The van der Waals surface area contributed by atoms with Crippen molar-refractivity contribution >= 4 is 11.6 Å². The number of hydrogen-bond donors (Lipinski definition) is 2. The van der Waals surface area contributed by atoms with Crippen molar-refractivity contribution in [3.05, 3.63) is 71.0 Å². The fourth-order valence-electron chi connectivity index (χ4n) is 2.70. The van der Waals surface area contributed by atoms with Crippen LogP contribution in [-0.2, 0) is 13.1 Å². The molecule has 0 saturated heterocycles. The van der Waals surface area contributed by atoms with Crippen molar-refractivity contribution in [2.45, 2.75) is 13.1 Å². The van der Waals surface area contributed by atoms with Crippen molar-refractivity contribution in [2.75, 3.05) is 24.9 Å². The van der Waals surface area contributed by atoms with Gasteiger partial charge >= 0.3 is 0 Å². The average molecular weight is 400 g/mol. The third-order valence-corrected chi connectivity index (χ3v) is 4.35. The number of nitrogens with zero attached hydrogens (tertiary/aromatic N) is 4. The second-order valence-electron chi connectivity index (χ2n) is 6.24.